The van der Waals surface area contributed by atoms with Crippen LogP contribution in [0.25, 0.3) is 0 Å². The van der Waals surface area contributed by atoms with Crippen LogP contribution in [-0.2, 0) is 14.3 Å². The molecule has 0 fully saturated rings. The summed E-state index contributed by atoms with van der Waals surface area (Å²) >= 11 is 0. The molecule has 0 aliphatic heterocycles. The standard InChI is InChI=1S/C10H20N2O4/c1-3-4-8(10(14)15)12-9(13)7(11)5-6-16-2/h7-8H,3-6,11H2,1-2H3,(H,12,13)(H,14,15)/t7?,8-/m0/s1. The van der Waals surface area contributed by atoms with Gasteiger partial charge in [-0.2, -0.15) is 0 Å². The third kappa shape index (κ3) is 5.67. The van der Waals surface area contributed by atoms with E-state index in [1.54, 1.807) is 0 Å². The number of rotatable bonds is 8. The average Bonchev–Trinajstić information content (AvgIpc) is 2.24. The van der Waals surface area contributed by atoms with Crippen LogP contribution in [0.15, 0.2) is 0 Å². The summed E-state index contributed by atoms with van der Waals surface area (Å²) in [6.07, 6.45) is 1.46. The van der Waals surface area contributed by atoms with Gasteiger partial charge in [0, 0.05) is 13.7 Å². The van der Waals surface area contributed by atoms with E-state index in [1.807, 2.05) is 6.92 Å². The molecule has 6 heteroatoms. The molecule has 0 aromatic rings. The van der Waals surface area contributed by atoms with Crippen molar-refractivity contribution in [1.82, 2.24) is 5.32 Å². The number of nitrogens with one attached hydrogen (secondary N) is 1. The number of amides is 1. The summed E-state index contributed by atoms with van der Waals surface area (Å²) in [5.74, 6) is -1.48. The fourth-order valence-corrected chi connectivity index (χ4v) is 1.20. The van der Waals surface area contributed by atoms with Crippen LogP contribution in [0, 0.1) is 0 Å². The zero-order valence-corrected chi connectivity index (χ0v) is 9.73. The van der Waals surface area contributed by atoms with Crippen LogP contribution >= 0.6 is 0 Å². The molecule has 4 N–H and O–H groups in total. The fraction of sp³-hybridized carbons (Fsp3) is 0.800. The third-order valence-electron chi connectivity index (χ3n) is 2.16. The highest BCUT2D eigenvalue weighted by Gasteiger charge is 2.21. The van der Waals surface area contributed by atoms with Crippen LogP contribution in [0.4, 0.5) is 0 Å². The van der Waals surface area contributed by atoms with Gasteiger partial charge in [0.15, 0.2) is 0 Å². The van der Waals surface area contributed by atoms with E-state index in [1.165, 1.54) is 7.11 Å². The van der Waals surface area contributed by atoms with Crippen LogP contribution < -0.4 is 11.1 Å². The summed E-state index contributed by atoms with van der Waals surface area (Å²) < 4.78 is 4.79. The molecule has 1 amide bonds. The first-order chi connectivity index (χ1) is 7.52. The van der Waals surface area contributed by atoms with Crippen molar-refractivity contribution in [2.24, 2.45) is 5.73 Å². The van der Waals surface area contributed by atoms with E-state index in [-0.39, 0.29) is 0 Å². The molecular formula is C10H20N2O4. The summed E-state index contributed by atoms with van der Waals surface area (Å²) in [4.78, 5) is 22.3. The van der Waals surface area contributed by atoms with Gasteiger partial charge in [0.05, 0.1) is 6.04 Å². The Morgan fingerprint density at radius 2 is 2.06 bits per heavy atom. The van der Waals surface area contributed by atoms with Gasteiger partial charge in [0.1, 0.15) is 6.04 Å². The van der Waals surface area contributed by atoms with Gasteiger partial charge in [0.2, 0.25) is 5.91 Å². The molecule has 94 valence electrons. The zero-order valence-electron chi connectivity index (χ0n) is 9.73. The number of hydrogen-bond acceptors (Lipinski definition) is 4. The summed E-state index contributed by atoms with van der Waals surface area (Å²) in [7, 11) is 1.52. The number of hydrogen-bond donors (Lipinski definition) is 3. The van der Waals surface area contributed by atoms with Gasteiger partial charge < -0.3 is 20.9 Å². The van der Waals surface area contributed by atoms with E-state index >= 15 is 0 Å². The van der Waals surface area contributed by atoms with Crippen LogP contribution in [0.2, 0.25) is 0 Å². The SMILES string of the molecule is CCC[C@H](NC(=O)C(N)CCOC)C(=O)O. The summed E-state index contributed by atoms with van der Waals surface area (Å²) in [6.45, 7) is 2.23. The van der Waals surface area contributed by atoms with E-state index in [4.69, 9.17) is 15.6 Å². The Labute approximate surface area is 95.1 Å². The quantitative estimate of drug-likeness (QED) is 0.534. The van der Waals surface area contributed by atoms with E-state index in [0.29, 0.717) is 25.9 Å². The molecule has 6 nitrogen and oxygen atoms in total. The largest absolute Gasteiger partial charge is 0.480 e. The number of carbonyl (C=O) groups excluding carboxylic acids is 1. The van der Waals surface area contributed by atoms with Gasteiger partial charge in [-0.15, -0.1) is 0 Å². The van der Waals surface area contributed by atoms with Crippen molar-refractivity contribution < 1.29 is 19.4 Å². The molecule has 0 rings (SSSR count). The minimum atomic E-state index is -1.03. The second kappa shape index (κ2) is 8.06. The molecule has 0 aliphatic carbocycles. The van der Waals surface area contributed by atoms with E-state index in [9.17, 15) is 9.59 Å². The van der Waals surface area contributed by atoms with Crippen molar-refractivity contribution in [3.05, 3.63) is 0 Å². The molecule has 0 spiro atoms. The first-order valence-electron chi connectivity index (χ1n) is 5.30. The van der Waals surface area contributed by atoms with Crippen molar-refractivity contribution in [2.75, 3.05) is 13.7 Å². The van der Waals surface area contributed by atoms with Crippen LogP contribution in [-0.4, -0.2) is 42.8 Å². The van der Waals surface area contributed by atoms with Crippen LogP contribution in [0.3, 0.4) is 0 Å². The van der Waals surface area contributed by atoms with E-state index in [0.717, 1.165) is 0 Å². The lowest BCUT2D eigenvalue weighted by Gasteiger charge is -2.16. The Bertz CT molecular complexity index is 233. The summed E-state index contributed by atoms with van der Waals surface area (Å²) in [5, 5.41) is 11.2. The highest BCUT2D eigenvalue weighted by Crippen LogP contribution is 1.98. The molecule has 0 aromatic heterocycles. The summed E-state index contributed by atoms with van der Waals surface area (Å²) in [6, 6.07) is -1.58. The predicted molar refractivity (Wildman–Crippen MR) is 58.9 cm³/mol. The molecule has 0 bridgehead atoms. The second-order valence-electron chi connectivity index (χ2n) is 3.58. The van der Waals surface area contributed by atoms with Crippen LogP contribution in [0.5, 0.6) is 0 Å². The molecule has 0 radical (unpaired) electrons. The molecule has 1 unspecified atom stereocenters. The molecule has 0 aromatic carbocycles. The van der Waals surface area contributed by atoms with Crippen molar-refractivity contribution in [3.8, 4) is 0 Å². The van der Waals surface area contributed by atoms with Gasteiger partial charge in [-0.05, 0) is 12.8 Å². The topological polar surface area (TPSA) is 102 Å². The van der Waals surface area contributed by atoms with Gasteiger partial charge in [-0.1, -0.05) is 13.3 Å². The molecule has 0 saturated carbocycles. The molecule has 16 heavy (non-hydrogen) atoms. The Balaban J connectivity index is 4.12. The third-order valence-corrected chi connectivity index (χ3v) is 2.16. The molecule has 2 atom stereocenters. The minimum Gasteiger partial charge on any atom is -0.480 e. The first kappa shape index (κ1) is 14.9. The Morgan fingerprint density at radius 3 is 2.50 bits per heavy atom. The number of aliphatic carboxylic acids is 1. The maximum Gasteiger partial charge on any atom is 0.326 e. The number of nitrogens with two attached hydrogens (primary N) is 1. The zero-order chi connectivity index (χ0) is 12.6. The lowest BCUT2D eigenvalue weighted by atomic mass is 10.1. The number of methoxy groups -OCH3 is 1. The van der Waals surface area contributed by atoms with Gasteiger partial charge in [0.25, 0.3) is 0 Å². The average molecular weight is 232 g/mol. The maximum atomic E-state index is 11.5. The van der Waals surface area contributed by atoms with Gasteiger partial charge >= 0.3 is 5.97 Å². The van der Waals surface area contributed by atoms with Crippen molar-refractivity contribution in [1.29, 1.82) is 0 Å². The number of carbonyl (C=O) groups is 2. The number of carboxylic acid groups (broad SMARTS) is 1. The van der Waals surface area contributed by atoms with E-state index in [2.05, 4.69) is 5.32 Å². The molecule has 0 aliphatic rings. The Hall–Kier alpha value is -1.14. The second-order valence-corrected chi connectivity index (χ2v) is 3.58. The fourth-order valence-electron chi connectivity index (χ4n) is 1.20. The normalized spacial score (nSPS) is 14.2. The van der Waals surface area contributed by atoms with Gasteiger partial charge in [-0.3, -0.25) is 4.79 Å². The lowest BCUT2D eigenvalue weighted by Crippen LogP contribution is -2.48. The minimum absolute atomic E-state index is 0.375. The Morgan fingerprint density at radius 1 is 1.44 bits per heavy atom. The monoisotopic (exact) mass is 232 g/mol. The van der Waals surface area contributed by atoms with Crippen molar-refractivity contribution >= 4 is 11.9 Å². The maximum absolute atomic E-state index is 11.5. The first-order valence-corrected chi connectivity index (χ1v) is 5.30. The van der Waals surface area contributed by atoms with Crippen LogP contribution in [0.1, 0.15) is 26.2 Å². The molecule has 0 heterocycles. The predicted octanol–water partition coefficient (Wildman–Crippen LogP) is -0.280. The van der Waals surface area contributed by atoms with Crippen molar-refractivity contribution in [3.63, 3.8) is 0 Å². The highest BCUT2D eigenvalue weighted by atomic mass is 16.5. The molecular weight excluding hydrogens is 212 g/mol. The number of ether oxygens (including phenoxy) is 1. The lowest BCUT2D eigenvalue weighted by molar-refractivity contribution is -0.142. The smallest absolute Gasteiger partial charge is 0.326 e. The highest BCUT2D eigenvalue weighted by molar-refractivity contribution is 5.86. The van der Waals surface area contributed by atoms with Crippen molar-refractivity contribution in [2.45, 2.75) is 38.3 Å². The van der Waals surface area contributed by atoms with E-state index < -0.39 is 24.0 Å². The summed E-state index contributed by atoms with van der Waals surface area (Å²) in [5.41, 5.74) is 5.56. The van der Waals surface area contributed by atoms with Gasteiger partial charge in [-0.25, -0.2) is 4.79 Å². The molecule has 0 saturated heterocycles. The Kier molecular flexibility index (Phi) is 7.49. The number of carboxylic acids is 1.